The molecule has 0 amide bonds. The Morgan fingerprint density at radius 1 is 1.26 bits per heavy atom. The Balaban J connectivity index is 2.58. The van der Waals surface area contributed by atoms with Gasteiger partial charge in [0.2, 0.25) is 0 Å². The first-order valence-electron chi connectivity index (χ1n) is 6.03. The maximum absolute atomic E-state index is 12.1. The summed E-state index contributed by atoms with van der Waals surface area (Å²) in [6.45, 7) is 1.23. The summed E-state index contributed by atoms with van der Waals surface area (Å²) in [7, 11) is 1.85. The minimum absolute atomic E-state index is 0.204. The number of halogens is 3. The zero-order valence-corrected chi connectivity index (χ0v) is 10.9. The number of hydrogen-bond acceptors (Lipinski definition) is 3. The zero-order valence-electron chi connectivity index (χ0n) is 10.9. The van der Waals surface area contributed by atoms with E-state index in [0.717, 1.165) is 12.0 Å². The van der Waals surface area contributed by atoms with Crippen LogP contribution in [0.2, 0.25) is 0 Å². The van der Waals surface area contributed by atoms with Crippen molar-refractivity contribution in [2.45, 2.75) is 31.7 Å². The summed E-state index contributed by atoms with van der Waals surface area (Å²) in [6.07, 6.45) is -6.21. The first-order valence-corrected chi connectivity index (χ1v) is 6.03. The zero-order chi connectivity index (χ0) is 14.5. The molecule has 0 bridgehead atoms. The van der Waals surface area contributed by atoms with Gasteiger partial charge in [0, 0.05) is 6.04 Å². The largest absolute Gasteiger partial charge is 0.491 e. The predicted octanol–water partition coefficient (Wildman–Crippen LogP) is 2.66. The lowest BCUT2D eigenvalue weighted by Crippen LogP contribution is -2.34. The SMILES string of the molecule is CCC(NC)c1ccc(OCC(O)C(F)(F)F)cc1. The lowest BCUT2D eigenvalue weighted by molar-refractivity contribution is -0.210. The third kappa shape index (κ3) is 4.72. The average Bonchev–Trinajstić information content (AvgIpc) is 2.37. The molecule has 19 heavy (non-hydrogen) atoms. The highest BCUT2D eigenvalue weighted by molar-refractivity contribution is 5.29. The van der Waals surface area contributed by atoms with E-state index in [-0.39, 0.29) is 6.04 Å². The van der Waals surface area contributed by atoms with E-state index < -0.39 is 18.9 Å². The van der Waals surface area contributed by atoms with E-state index >= 15 is 0 Å². The molecule has 0 saturated heterocycles. The number of benzene rings is 1. The molecule has 0 spiro atoms. The van der Waals surface area contributed by atoms with Crippen LogP contribution in [0.1, 0.15) is 24.9 Å². The van der Waals surface area contributed by atoms with E-state index in [9.17, 15) is 13.2 Å². The van der Waals surface area contributed by atoms with Gasteiger partial charge in [-0.15, -0.1) is 0 Å². The van der Waals surface area contributed by atoms with Gasteiger partial charge in [0.15, 0.2) is 6.10 Å². The van der Waals surface area contributed by atoms with E-state index in [1.165, 1.54) is 0 Å². The monoisotopic (exact) mass is 277 g/mol. The van der Waals surface area contributed by atoms with Crippen LogP contribution in [0.15, 0.2) is 24.3 Å². The van der Waals surface area contributed by atoms with Crippen LogP contribution in [0, 0.1) is 0 Å². The summed E-state index contributed by atoms with van der Waals surface area (Å²) in [5.41, 5.74) is 1.04. The molecule has 1 rings (SSSR count). The highest BCUT2D eigenvalue weighted by Gasteiger charge is 2.38. The maximum atomic E-state index is 12.1. The summed E-state index contributed by atoms with van der Waals surface area (Å²) in [5.74, 6) is 0.304. The molecule has 0 heterocycles. The first-order chi connectivity index (χ1) is 8.88. The average molecular weight is 277 g/mol. The van der Waals surface area contributed by atoms with E-state index in [2.05, 4.69) is 5.32 Å². The van der Waals surface area contributed by atoms with Gasteiger partial charge >= 0.3 is 6.18 Å². The van der Waals surface area contributed by atoms with E-state index in [4.69, 9.17) is 9.84 Å². The summed E-state index contributed by atoms with van der Waals surface area (Å²) in [5, 5.41) is 11.9. The topological polar surface area (TPSA) is 41.5 Å². The molecular formula is C13H18F3NO2. The highest BCUT2D eigenvalue weighted by atomic mass is 19.4. The molecule has 0 fully saturated rings. The fraction of sp³-hybridized carbons (Fsp3) is 0.538. The smallest absolute Gasteiger partial charge is 0.417 e. The molecule has 0 aromatic heterocycles. The molecule has 2 unspecified atom stereocenters. The van der Waals surface area contributed by atoms with Crippen molar-refractivity contribution >= 4 is 0 Å². The van der Waals surface area contributed by atoms with Crippen LogP contribution in [0.5, 0.6) is 5.75 Å². The van der Waals surface area contributed by atoms with Crippen molar-refractivity contribution in [2.75, 3.05) is 13.7 Å². The van der Waals surface area contributed by atoms with Gasteiger partial charge in [0.1, 0.15) is 12.4 Å². The van der Waals surface area contributed by atoms with Crippen molar-refractivity contribution in [1.82, 2.24) is 5.32 Å². The van der Waals surface area contributed by atoms with Crippen LogP contribution in [0.25, 0.3) is 0 Å². The summed E-state index contributed by atoms with van der Waals surface area (Å²) < 4.78 is 41.1. The molecule has 6 heteroatoms. The second kappa shape index (κ2) is 6.77. The minimum atomic E-state index is -4.65. The van der Waals surface area contributed by atoms with Crippen molar-refractivity contribution in [3.05, 3.63) is 29.8 Å². The first kappa shape index (κ1) is 15.8. The van der Waals surface area contributed by atoms with Gasteiger partial charge in [0.25, 0.3) is 0 Å². The summed E-state index contributed by atoms with van der Waals surface area (Å²) in [4.78, 5) is 0. The van der Waals surface area contributed by atoms with Gasteiger partial charge in [-0.05, 0) is 31.2 Å². The van der Waals surface area contributed by atoms with Crippen LogP contribution in [0.4, 0.5) is 13.2 Å². The lowest BCUT2D eigenvalue weighted by atomic mass is 10.0. The van der Waals surface area contributed by atoms with E-state index in [1.807, 2.05) is 14.0 Å². The molecule has 3 nitrogen and oxygen atoms in total. The number of nitrogens with one attached hydrogen (secondary N) is 1. The second-order valence-electron chi connectivity index (χ2n) is 4.19. The van der Waals surface area contributed by atoms with Gasteiger partial charge in [0.05, 0.1) is 0 Å². The Morgan fingerprint density at radius 2 is 1.84 bits per heavy atom. The number of aliphatic hydroxyl groups excluding tert-OH is 1. The molecule has 108 valence electrons. The van der Waals surface area contributed by atoms with E-state index in [1.54, 1.807) is 24.3 Å². The van der Waals surface area contributed by atoms with E-state index in [0.29, 0.717) is 5.75 Å². The third-order valence-corrected chi connectivity index (χ3v) is 2.82. The standard InChI is InChI=1S/C13H18F3NO2/c1-3-11(17-2)9-4-6-10(7-5-9)19-8-12(18)13(14,15)16/h4-7,11-12,17-18H,3,8H2,1-2H3. The molecule has 2 N–H and O–H groups in total. The summed E-state index contributed by atoms with van der Waals surface area (Å²) >= 11 is 0. The fourth-order valence-electron chi connectivity index (χ4n) is 1.67. The quantitative estimate of drug-likeness (QED) is 0.840. The van der Waals surface area contributed by atoms with Gasteiger partial charge in [-0.2, -0.15) is 13.2 Å². The second-order valence-corrected chi connectivity index (χ2v) is 4.19. The van der Waals surface area contributed by atoms with Crippen molar-refractivity contribution in [2.24, 2.45) is 0 Å². The normalized spacial score (nSPS) is 15.1. The van der Waals surface area contributed by atoms with Gasteiger partial charge in [-0.1, -0.05) is 19.1 Å². The van der Waals surface area contributed by atoms with Crippen molar-refractivity contribution in [1.29, 1.82) is 0 Å². The molecule has 0 aliphatic carbocycles. The Morgan fingerprint density at radius 3 is 2.26 bits per heavy atom. The number of ether oxygens (including phenoxy) is 1. The van der Waals surface area contributed by atoms with Crippen LogP contribution in [-0.4, -0.2) is 31.0 Å². The molecule has 2 atom stereocenters. The molecular weight excluding hydrogens is 259 g/mol. The number of aliphatic hydroxyl groups is 1. The Bertz CT molecular complexity index is 374. The Hall–Kier alpha value is -1.27. The fourth-order valence-corrected chi connectivity index (χ4v) is 1.67. The minimum Gasteiger partial charge on any atom is -0.491 e. The Kier molecular flexibility index (Phi) is 5.62. The van der Waals surface area contributed by atoms with Crippen LogP contribution >= 0.6 is 0 Å². The highest BCUT2D eigenvalue weighted by Crippen LogP contribution is 2.23. The third-order valence-electron chi connectivity index (χ3n) is 2.82. The molecule has 0 aliphatic heterocycles. The molecule has 1 aromatic rings. The van der Waals surface area contributed by atoms with Gasteiger partial charge in [-0.25, -0.2) is 0 Å². The molecule has 0 radical (unpaired) electrons. The number of alkyl halides is 3. The number of hydrogen-bond donors (Lipinski definition) is 2. The van der Waals surface area contributed by atoms with Gasteiger partial charge in [-0.3, -0.25) is 0 Å². The predicted molar refractivity (Wildman–Crippen MR) is 66.1 cm³/mol. The lowest BCUT2D eigenvalue weighted by Gasteiger charge is -2.17. The molecule has 0 aliphatic rings. The summed E-state index contributed by atoms with van der Waals surface area (Å²) in [6, 6.07) is 6.98. The van der Waals surface area contributed by atoms with Crippen molar-refractivity contribution in [3.63, 3.8) is 0 Å². The van der Waals surface area contributed by atoms with Crippen LogP contribution in [-0.2, 0) is 0 Å². The number of rotatable bonds is 6. The van der Waals surface area contributed by atoms with Crippen LogP contribution in [0.3, 0.4) is 0 Å². The maximum Gasteiger partial charge on any atom is 0.417 e. The van der Waals surface area contributed by atoms with Crippen molar-refractivity contribution < 1.29 is 23.0 Å². The molecule has 0 saturated carbocycles. The van der Waals surface area contributed by atoms with Crippen molar-refractivity contribution in [3.8, 4) is 5.75 Å². The Labute approximate surface area is 110 Å². The van der Waals surface area contributed by atoms with Crippen LogP contribution < -0.4 is 10.1 Å². The van der Waals surface area contributed by atoms with Gasteiger partial charge < -0.3 is 15.2 Å². The molecule has 1 aromatic carbocycles.